The lowest BCUT2D eigenvalue weighted by Gasteiger charge is -2.16. The van der Waals surface area contributed by atoms with Crippen LogP contribution in [0, 0.1) is 0 Å². The third-order valence-corrected chi connectivity index (χ3v) is 6.46. The summed E-state index contributed by atoms with van der Waals surface area (Å²) in [4.78, 5) is 0. The largest absolute Gasteiger partial charge is 0.393 e. The number of nitrogens with two attached hydrogens (primary N) is 3. The summed E-state index contributed by atoms with van der Waals surface area (Å²) >= 11 is 0. The molecule has 3 heterocycles. The van der Waals surface area contributed by atoms with Crippen molar-refractivity contribution in [2.24, 2.45) is 0 Å². The molecule has 188 valence electrons. The molecule has 12 heteroatoms. The Morgan fingerprint density at radius 3 is 1.09 bits per heavy atom. The number of hydrogen-bond acceptors (Lipinski definition) is 9. The number of nitrogens with zero attached hydrogens (tertiary/aromatic N) is 3. The Hall–Kier alpha value is -3.09. The van der Waals surface area contributed by atoms with Crippen molar-refractivity contribution in [3.8, 4) is 0 Å². The molecule has 34 heavy (non-hydrogen) atoms. The van der Waals surface area contributed by atoms with Gasteiger partial charge in [-0.2, -0.15) is 15.3 Å². The lowest BCUT2D eigenvalue weighted by Crippen LogP contribution is -2.18. The van der Waals surface area contributed by atoms with Crippen molar-refractivity contribution < 1.29 is 15.3 Å². The molecule has 0 bridgehead atoms. The van der Waals surface area contributed by atoms with Gasteiger partial charge in [-0.3, -0.25) is 15.3 Å². The molecule has 0 aromatic carbocycles. The number of aromatic nitrogens is 6. The molecule has 12 nitrogen and oxygen atoms in total. The highest BCUT2D eigenvalue weighted by atomic mass is 16.3. The highest BCUT2D eigenvalue weighted by Gasteiger charge is 2.22. The topological polar surface area (TPSA) is 225 Å². The van der Waals surface area contributed by atoms with E-state index >= 15 is 0 Å². The van der Waals surface area contributed by atoms with Crippen LogP contribution in [0.15, 0.2) is 0 Å². The summed E-state index contributed by atoms with van der Waals surface area (Å²) in [7, 11) is 0. The number of aliphatic hydroxyl groups excluding tert-OH is 3. The van der Waals surface area contributed by atoms with E-state index in [1.807, 2.05) is 0 Å². The molecular weight excluding hydrogens is 438 g/mol. The second-order valence-electron chi connectivity index (χ2n) is 8.89. The fourth-order valence-corrected chi connectivity index (χ4v) is 4.50. The Morgan fingerprint density at radius 1 is 0.559 bits per heavy atom. The summed E-state index contributed by atoms with van der Waals surface area (Å²) < 4.78 is 0. The molecule has 0 saturated carbocycles. The number of fused-ring (bicyclic) bond motifs is 3. The number of hydrogen-bond donors (Lipinski definition) is 9. The van der Waals surface area contributed by atoms with Gasteiger partial charge in [-0.25, -0.2) is 0 Å². The summed E-state index contributed by atoms with van der Waals surface area (Å²) in [5, 5.41) is 48.1. The molecular formula is C22H37N9O3. The molecule has 3 atom stereocenters. The lowest BCUT2D eigenvalue weighted by molar-refractivity contribution is 0.158. The van der Waals surface area contributed by atoms with Crippen LogP contribution in [-0.4, -0.2) is 64.2 Å². The van der Waals surface area contributed by atoms with Gasteiger partial charge < -0.3 is 32.5 Å². The number of nitrogen functional groups attached to an aromatic ring is 3. The predicted octanol–water partition coefficient (Wildman–Crippen LogP) is 0.161. The summed E-state index contributed by atoms with van der Waals surface area (Å²) in [6.45, 7) is 0. The van der Waals surface area contributed by atoms with Crippen molar-refractivity contribution in [3.05, 3.63) is 33.8 Å². The molecule has 0 spiro atoms. The van der Waals surface area contributed by atoms with Crippen molar-refractivity contribution in [2.75, 3.05) is 17.2 Å². The fraction of sp³-hybridized carbons (Fsp3) is 0.591. The van der Waals surface area contributed by atoms with Crippen LogP contribution in [-0.2, 0) is 38.5 Å². The number of H-pyrrole nitrogens is 3. The molecule has 0 amide bonds. The van der Waals surface area contributed by atoms with E-state index in [-0.39, 0.29) is 25.7 Å². The second kappa shape index (κ2) is 10.9. The zero-order valence-electron chi connectivity index (χ0n) is 18.5. The second-order valence-corrected chi connectivity index (χ2v) is 8.89. The van der Waals surface area contributed by atoms with Gasteiger partial charge in [0, 0.05) is 53.0 Å². The molecule has 1 unspecified atom stereocenters. The molecule has 0 saturated heterocycles. The zero-order chi connectivity index (χ0) is 23.5. The maximum atomic E-state index is 9.30. The fourth-order valence-electron chi connectivity index (χ4n) is 4.50. The third-order valence-electron chi connectivity index (χ3n) is 6.46. The van der Waals surface area contributed by atoms with Crippen LogP contribution in [0.2, 0.25) is 0 Å². The van der Waals surface area contributed by atoms with Crippen LogP contribution in [0.1, 0.15) is 60.5 Å². The van der Waals surface area contributed by atoms with E-state index in [0.717, 1.165) is 72.3 Å². The number of anilines is 3. The van der Waals surface area contributed by atoms with Crippen LogP contribution < -0.4 is 17.2 Å². The summed E-state index contributed by atoms with van der Waals surface area (Å²) in [5.74, 6) is 1.62. The molecule has 3 aliphatic rings. The van der Waals surface area contributed by atoms with Crippen LogP contribution in [0.4, 0.5) is 17.5 Å². The van der Waals surface area contributed by atoms with Gasteiger partial charge in [-0.1, -0.05) is 7.43 Å². The normalized spacial score (nSPS) is 22.5. The minimum Gasteiger partial charge on any atom is -0.393 e. The summed E-state index contributed by atoms with van der Waals surface area (Å²) in [5.41, 5.74) is 23.0. The van der Waals surface area contributed by atoms with Gasteiger partial charge in [0.25, 0.3) is 0 Å². The Morgan fingerprint density at radius 2 is 0.824 bits per heavy atom. The van der Waals surface area contributed by atoms with Crippen molar-refractivity contribution in [2.45, 2.75) is 83.5 Å². The molecule has 3 aromatic rings. The van der Waals surface area contributed by atoms with Crippen LogP contribution in [0.25, 0.3) is 0 Å². The van der Waals surface area contributed by atoms with Gasteiger partial charge >= 0.3 is 0 Å². The Balaban J connectivity index is 0.000000141. The van der Waals surface area contributed by atoms with E-state index in [2.05, 4.69) is 30.6 Å². The molecule has 0 radical (unpaired) electrons. The average molecular weight is 476 g/mol. The number of rotatable bonds is 0. The standard InChI is InChI=1S/3C7H11N3O.CH4/c3*8-7-5-3-4(11)1-2-6(5)9-10-7;/h3*4,11H,1-3H2,(H3,8,9,10);1H4/t2*4-;;/m10../s1. The molecule has 6 rings (SSSR count). The highest BCUT2D eigenvalue weighted by molar-refractivity contribution is 5.45. The highest BCUT2D eigenvalue weighted by Crippen LogP contribution is 2.25. The van der Waals surface area contributed by atoms with E-state index in [4.69, 9.17) is 17.2 Å². The van der Waals surface area contributed by atoms with Gasteiger partial charge in [0.2, 0.25) is 0 Å². The number of aryl methyl sites for hydroxylation is 3. The third kappa shape index (κ3) is 5.69. The molecule has 0 fully saturated rings. The maximum absolute atomic E-state index is 9.30. The predicted molar refractivity (Wildman–Crippen MR) is 130 cm³/mol. The van der Waals surface area contributed by atoms with Crippen molar-refractivity contribution in [1.29, 1.82) is 0 Å². The average Bonchev–Trinajstić information content (AvgIpc) is 3.47. The first kappa shape index (κ1) is 25.5. The molecule has 12 N–H and O–H groups in total. The van der Waals surface area contributed by atoms with Crippen LogP contribution in [0.5, 0.6) is 0 Å². The first-order chi connectivity index (χ1) is 15.8. The molecule has 3 aliphatic carbocycles. The number of aromatic amines is 3. The van der Waals surface area contributed by atoms with Gasteiger partial charge in [0.15, 0.2) is 0 Å². The SMILES string of the molecule is C.Nc1n[nH]c2c1CC(O)CC2.Nc1n[nH]c2c1C[C@@H](O)CC2.Nc1n[nH]c2c1C[C@H](O)CC2. The van der Waals surface area contributed by atoms with E-state index in [1.165, 1.54) is 0 Å². The number of aliphatic hydroxyl groups is 3. The quantitative estimate of drug-likeness (QED) is 0.215. The summed E-state index contributed by atoms with van der Waals surface area (Å²) in [6, 6.07) is 0. The summed E-state index contributed by atoms with van der Waals surface area (Å²) in [6.07, 6.45) is 6.28. The first-order valence-corrected chi connectivity index (χ1v) is 11.3. The van der Waals surface area contributed by atoms with E-state index in [1.54, 1.807) is 0 Å². The maximum Gasteiger partial charge on any atom is 0.148 e. The smallest absolute Gasteiger partial charge is 0.148 e. The Kier molecular flexibility index (Phi) is 8.18. The first-order valence-electron chi connectivity index (χ1n) is 11.3. The van der Waals surface area contributed by atoms with Gasteiger partial charge in [-0.05, 0) is 38.5 Å². The minimum absolute atomic E-state index is 0. The van der Waals surface area contributed by atoms with E-state index in [9.17, 15) is 15.3 Å². The Bertz CT molecular complexity index is 940. The van der Waals surface area contributed by atoms with Crippen LogP contribution in [0.3, 0.4) is 0 Å². The van der Waals surface area contributed by atoms with Gasteiger partial charge in [-0.15, -0.1) is 0 Å². The van der Waals surface area contributed by atoms with Gasteiger partial charge in [0.1, 0.15) is 17.5 Å². The van der Waals surface area contributed by atoms with E-state index in [0.29, 0.717) is 36.7 Å². The van der Waals surface area contributed by atoms with Gasteiger partial charge in [0.05, 0.1) is 18.3 Å². The molecule has 3 aromatic heterocycles. The van der Waals surface area contributed by atoms with Crippen LogP contribution >= 0.6 is 0 Å². The van der Waals surface area contributed by atoms with E-state index < -0.39 is 0 Å². The van der Waals surface area contributed by atoms with Crippen molar-refractivity contribution in [1.82, 2.24) is 30.6 Å². The zero-order valence-corrected chi connectivity index (χ0v) is 18.5. The minimum atomic E-state index is -0.234. The van der Waals surface area contributed by atoms with Crippen molar-refractivity contribution >= 4 is 17.5 Å². The van der Waals surface area contributed by atoms with Crippen molar-refractivity contribution in [3.63, 3.8) is 0 Å². The molecule has 0 aliphatic heterocycles. The monoisotopic (exact) mass is 475 g/mol. The lowest BCUT2D eigenvalue weighted by atomic mass is 9.95. The Labute approximate surface area is 198 Å². The number of nitrogens with one attached hydrogen (secondary N) is 3.